The Kier molecular flexibility index (Phi) is 7.24. The lowest BCUT2D eigenvalue weighted by Crippen LogP contribution is -2.39. The zero-order valence-corrected chi connectivity index (χ0v) is 12.2. The fourth-order valence-electron chi connectivity index (χ4n) is 1.95. The van der Waals surface area contributed by atoms with Gasteiger partial charge in [0.15, 0.2) is 0 Å². The van der Waals surface area contributed by atoms with Gasteiger partial charge >= 0.3 is 12.1 Å². The molecule has 0 radical (unpaired) electrons. The second kappa shape index (κ2) is 8.70. The van der Waals surface area contributed by atoms with Crippen LogP contribution >= 0.6 is 12.6 Å². The van der Waals surface area contributed by atoms with Gasteiger partial charge in [0.25, 0.3) is 0 Å². The maximum atomic E-state index is 11.8. The van der Waals surface area contributed by atoms with Crippen molar-refractivity contribution in [1.82, 2.24) is 10.2 Å². The van der Waals surface area contributed by atoms with E-state index in [9.17, 15) is 9.59 Å². The molecule has 7 nitrogen and oxygen atoms in total. The summed E-state index contributed by atoms with van der Waals surface area (Å²) in [5, 5.41) is 2.54. The number of urea groups is 1. The summed E-state index contributed by atoms with van der Waals surface area (Å²) in [5.74, 6) is 0. The predicted molar refractivity (Wildman–Crippen MR) is 77.8 cm³/mol. The first-order valence-corrected chi connectivity index (χ1v) is 6.89. The number of amides is 3. The van der Waals surface area contributed by atoms with Crippen molar-refractivity contribution in [2.75, 3.05) is 32.9 Å². The molecule has 114 valence electrons. The third-order valence-electron chi connectivity index (χ3n) is 2.81. The molecule has 20 heavy (non-hydrogen) atoms. The fraction of sp³-hybridized carbons (Fsp3) is 0.667. The predicted octanol–water partition coefficient (Wildman–Crippen LogP) is 0.367. The Morgan fingerprint density at radius 2 is 2.30 bits per heavy atom. The van der Waals surface area contributed by atoms with Crippen LogP contribution in [0.1, 0.15) is 6.42 Å². The highest BCUT2D eigenvalue weighted by Gasteiger charge is 2.34. The molecule has 1 fully saturated rings. The van der Waals surface area contributed by atoms with Crippen molar-refractivity contribution in [2.24, 2.45) is 5.73 Å². The SMILES string of the molecule is C=CCOC(=O)N1CC(S)CC1COCCNC(N)=O. The van der Waals surface area contributed by atoms with E-state index in [2.05, 4.69) is 24.5 Å². The van der Waals surface area contributed by atoms with Crippen molar-refractivity contribution in [3.63, 3.8) is 0 Å². The number of likely N-dealkylation sites (tertiary alicyclic amines) is 1. The fourth-order valence-corrected chi connectivity index (χ4v) is 2.37. The molecule has 1 saturated heterocycles. The van der Waals surface area contributed by atoms with Crippen molar-refractivity contribution in [1.29, 1.82) is 0 Å². The molecule has 8 heteroatoms. The van der Waals surface area contributed by atoms with Crippen LogP contribution in [0, 0.1) is 0 Å². The van der Waals surface area contributed by atoms with Gasteiger partial charge in [-0.05, 0) is 6.42 Å². The van der Waals surface area contributed by atoms with E-state index in [1.807, 2.05) is 0 Å². The normalized spacial score (nSPS) is 21.6. The van der Waals surface area contributed by atoms with Crippen LogP contribution in [0.5, 0.6) is 0 Å². The standard InChI is InChI=1S/C12H21N3O4S/c1-2-4-19-12(17)15-7-10(20)6-9(15)8-18-5-3-14-11(13)16/h2,9-10,20H,1,3-8H2,(H3,13,14,16). The number of hydrogen-bond donors (Lipinski definition) is 3. The molecule has 0 aliphatic carbocycles. The first-order valence-electron chi connectivity index (χ1n) is 6.38. The number of nitrogens with zero attached hydrogens (tertiary/aromatic N) is 1. The molecular weight excluding hydrogens is 282 g/mol. The highest BCUT2D eigenvalue weighted by Crippen LogP contribution is 2.22. The van der Waals surface area contributed by atoms with E-state index in [4.69, 9.17) is 15.2 Å². The maximum Gasteiger partial charge on any atom is 0.410 e. The summed E-state index contributed by atoms with van der Waals surface area (Å²) >= 11 is 4.39. The second-order valence-corrected chi connectivity index (χ2v) is 5.16. The van der Waals surface area contributed by atoms with Gasteiger partial charge in [0.1, 0.15) is 6.61 Å². The molecule has 2 unspecified atom stereocenters. The van der Waals surface area contributed by atoms with Gasteiger partial charge in [0.2, 0.25) is 0 Å². The minimum Gasteiger partial charge on any atom is -0.445 e. The molecule has 1 aliphatic heterocycles. The zero-order chi connectivity index (χ0) is 15.0. The highest BCUT2D eigenvalue weighted by atomic mass is 32.1. The average molecular weight is 303 g/mol. The number of primary amides is 1. The zero-order valence-electron chi connectivity index (χ0n) is 11.3. The summed E-state index contributed by atoms with van der Waals surface area (Å²) in [4.78, 5) is 23.9. The quantitative estimate of drug-likeness (QED) is 0.360. The Bertz CT molecular complexity index is 354. The van der Waals surface area contributed by atoms with Crippen molar-refractivity contribution < 1.29 is 19.1 Å². The van der Waals surface area contributed by atoms with E-state index in [0.717, 1.165) is 6.42 Å². The summed E-state index contributed by atoms with van der Waals surface area (Å²) in [7, 11) is 0. The Labute approximate surface area is 123 Å². The van der Waals surface area contributed by atoms with Gasteiger partial charge in [-0.1, -0.05) is 12.7 Å². The van der Waals surface area contributed by atoms with Crippen LogP contribution in [0.3, 0.4) is 0 Å². The van der Waals surface area contributed by atoms with E-state index >= 15 is 0 Å². The number of ether oxygens (including phenoxy) is 2. The van der Waals surface area contributed by atoms with Crippen molar-refractivity contribution >= 4 is 24.8 Å². The summed E-state index contributed by atoms with van der Waals surface area (Å²) in [6.45, 7) is 5.27. The molecule has 2 atom stereocenters. The van der Waals surface area contributed by atoms with E-state index in [0.29, 0.717) is 26.3 Å². The minimum atomic E-state index is -0.584. The first-order chi connectivity index (χ1) is 9.54. The molecule has 0 aromatic heterocycles. The lowest BCUT2D eigenvalue weighted by Gasteiger charge is -2.23. The summed E-state index contributed by atoms with van der Waals surface area (Å²) in [5.41, 5.74) is 4.93. The van der Waals surface area contributed by atoms with Crippen molar-refractivity contribution in [2.45, 2.75) is 17.7 Å². The highest BCUT2D eigenvalue weighted by molar-refractivity contribution is 7.81. The molecule has 0 bridgehead atoms. The van der Waals surface area contributed by atoms with Crippen LogP contribution in [-0.4, -0.2) is 61.2 Å². The minimum absolute atomic E-state index is 0.0663. The topological polar surface area (TPSA) is 93.9 Å². The summed E-state index contributed by atoms with van der Waals surface area (Å²) < 4.78 is 10.4. The molecule has 1 rings (SSSR count). The van der Waals surface area contributed by atoms with Gasteiger partial charge < -0.3 is 25.4 Å². The van der Waals surface area contributed by atoms with Gasteiger partial charge in [0.05, 0.1) is 19.3 Å². The molecule has 0 aromatic carbocycles. The lowest BCUT2D eigenvalue weighted by atomic mass is 10.2. The largest absolute Gasteiger partial charge is 0.445 e. The number of thiol groups is 1. The molecule has 1 aliphatic rings. The number of hydrogen-bond acceptors (Lipinski definition) is 5. The van der Waals surface area contributed by atoms with E-state index in [1.165, 1.54) is 6.08 Å². The van der Waals surface area contributed by atoms with Crippen LogP contribution in [0.4, 0.5) is 9.59 Å². The number of rotatable bonds is 7. The summed E-state index contributed by atoms with van der Waals surface area (Å²) in [6, 6.07) is -0.650. The molecular formula is C12H21N3O4S. The van der Waals surface area contributed by atoms with Gasteiger partial charge in [-0.2, -0.15) is 12.6 Å². The number of carbonyl (C=O) groups is 2. The smallest absolute Gasteiger partial charge is 0.410 e. The van der Waals surface area contributed by atoms with Crippen LogP contribution in [0.2, 0.25) is 0 Å². The number of nitrogens with one attached hydrogen (secondary N) is 1. The number of carbonyl (C=O) groups excluding carboxylic acids is 2. The molecule has 1 heterocycles. The Hall–Kier alpha value is -1.41. The first kappa shape index (κ1) is 16.6. The van der Waals surface area contributed by atoms with Crippen LogP contribution in [0.15, 0.2) is 12.7 Å². The second-order valence-electron chi connectivity index (χ2n) is 4.43. The van der Waals surface area contributed by atoms with Crippen LogP contribution < -0.4 is 11.1 Å². The molecule has 0 aromatic rings. The lowest BCUT2D eigenvalue weighted by molar-refractivity contribution is 0.0634. The summed E-state index contributed by atoms with van der Waals surface area (Å²) in [6.07, 6.45) is 1.88. The number of nitrogens with two attached hydrogens (primary N) is 1. The van der Waals surface area contributed by atoms with Gasteiger partial charge in [-0.25, -0.2) is 9.59 Å². The van der Waals surface area contributed by atoms with Crippen LogP contribution in [0.25, 0.3) is 0 Å². The van der Waals surface area contributed by atoms with Gasteiger partial charge in [-0.3, -0.25) is 0 Å². The molecule has 3 N–H and O–H groups in total. The van der Waals surface area contributed by atoms with E-state index in [-0.39, 0.29) is 24.0 Å². The average Bonchev–Trinajstić information content (AvgIpc) is 2.76. The monoisotopic (exact) mass is 303 g/mol. The van der Waals surface area contributed by atoms with Gasteiger partial charge in [-0.15, -0.1) is 0 Å². The van der Waals surface area contributed by atoms with Gasteiger partial charge in [0, 0.05) is 18.3 Å². The maximum absolute atomic E-state index is 11.8. The van der Waals surface area contributed by atoms with E-state index in [1.54, 1.807) is 4.90 Å². The molecule has 3 amide bonds. The molecule has 0 saturated carbocycles. The van der Waals surface area contributed by atoms with E-state index < -0.39 is 6.03 Å². The third kappa shape index (κ3) is 5.70. The van der Waals surface area contributed by atoms with Crippen LogP contribution in [-0.2, 0) is 9.47 Å². The Morgan fingerprint density at radius 3 is 2.95 bits per heavy atom. The Balaban J connectivity index is 2.32. The molecule has 0 spiro atoms. The Morgan fingerprint density at radius 1 is 1.55 bits per heavy atom. The van der Waals surface area contributed by atoms with Crippen molar-refractivity contribution in [3.8, 4) is 0 Å². The van der Waals surface area contributed by atoms with Crippen molar-refractivity contribution in [3.05, 3.63) is 12.7 Å². The third-order valence-corrected chi connectivity index (χ3v) is 3.18.